The Bertz CT molecular complexity index is 846. The van der Waals surface area contributed by atoms with Crippen LogP contribution in [0.2, 0.25) is 5.02 Å². The van der Waals surface area contributed by atoms with Gasteiger partial charge in [0.1, 0.15) is 6.67 Å². The van der Waals surface area contributed by atoms with Crippen LogP contribution in [0.1, 0.15) is 44.6 Å². The van der Waals surface area contributed by atoms with Crippen molar-refractivity contribution in [3.63, 3.8) is 0 Å². The van der Waals surface area contributed by atoms with Crippen molar-refractivity contribution in [1.82, 2.24) is 9.62 Å². The summed E-state index contributed by atoms with van der Waals surface area (Å²) in [5.74, 6) is -0.187. The quantitative estimate of drug-likeness (QED) is 0.774. The topological polar surface area (TPSA) is 66.5 Å². The van der Waals surface area contributed by atoms with E-state index >= 15 is 0 Å². The average molecular weight is 415 g/mol. The van der Waals surface area contributed by atoms with Crippen LogP contribution in [0.3, 0.4) is 0 Å². The largest absolute Gasteiger partial charge is 0.336 e. The first-order chi connectivity index (χ1) is 12.8. The van der Waals surface area contributed by atoms with Gasteiger partial charge in [-0.05, 0) is 36.1 Å². The zero-order valence-corrected chi connectivity index (χ0v) is 16.9. The van der Waals surface area contributed by atoms with E-state index < -0.39 is 22.2 Å². The molecule has 8 heteroatoms. The summed E-state index contributed by atoms with van der Waals surface area (Å²) in [6, 6.07) is 6.64. The Kier molecular flexibility index (Phi) is 5.93. The molecule has 0 saturated heterocycles. The summed E-state index contributed by atoms with van der Waals surface area (Å²) in [5, 5.41) is 0.514. The van der Waals surface area contributed by atoms with Gasteiger partial charge in [-0.15, -0.1) is 0 Å². The van der Waals surface area contributed by atoms with Crippen LogP contribution in [0.25, 0.3) is 4.91 Å². The van der Waals surface area contributed by atoms with Gasteiger partial charge in [0, 0.05) is 24.5 Å². The van der Waals surface area contributed by atoms with Gasteiger partial charge in [-0.25, -0.2) is 17.5 Å². The molecule has 1 amide bonds. The van der Waals surface area contributed by atoms with Crippen LogP contribution in [0.4, 0.5) is 4.39 Å². The Morgan fingerprint density at radius 1 is 1.26 bits per heavy atom. The van der Waals surface area contributed by atoms with Gasteiger partial charge in [-0.3, -0.25) is 4.79 Å². The van der Waals surface area contributed by atoms with E-state index in [-0.39, 0.29) is 30.3 Å². The SMILES string of the molecule is CCC(=O)N(CCF)CC1=C(c2ccc(Cl)cc2)S(=O)(=O)NC12CCCC2. The van der Waals surface area contributed by atoms with Crippen molar-refractivity contribution >= 4 is 32.4 Å². The molecule has 3 rings (SSSR count). The minimum absolute atomic E-state index is 0.0415. The third-order valence-electron chi connectivity index (χ3n) is 5.37. The van der Waals surface area contributed by atoms with Crippen LogP contribution in [0.5, 0.6) is 0 Å². The number of sulfonamides is 1. The zero-order chi connectivity index (χ0) is 19.7. The molecule has 1 aliphatic carbocycles. The molecule has 0 bridgehead atoms. The van der Waals surface area contributed by atoms with E-state index in [4.69, 9.17) is 11.6 Å². The molecule has 148 valence electrons. The maximum atomic E-state index is 13.0. The van der Waals surface area contributed by atoms with Crippen LogP contribution in [0, 0.1) is 0 Å². The van der Waals surface area contributed by atoms with Gasteiger partial charge in [0.05, 0.1) is 10.4 Å². The minimum atomic E-state index is -3.73. The van der Waals surface area contributed by atoms with Crippen molar-refractivity contribution in [3.8, 4) is 0 Å². The van der Waals surface area contributed by atoms with Crippen molar-refractivity contribution < 1.29 is 17.6 Å². The van der Waals surface area contributed by atoms with E-state index in [1.165, 1.54) is 4.90 Å². The Hall–Kier alpha value is -1.44. The Morgan fingerprint density at radius 3 is 2.44 bits per heavy atom. The van der Waals surface area contributed by atoms with Gasteiger partial charge < -0.3 is 4.90 Å². The smallest absolute Gasteiger partial charge is 0.242 e. The second-order valence-electron chi connectivity index (χ2n) is 7.07. The first kappa shape index (κ1) is 20.3. The Morgan fingerprint density at radius 2 is 1.89 bits per heavy atom. The summed E-state index contributed by atoms with van der Waals surface area (Å²) < 4.78 is 41.9. The Balaban J connectivity index is 2.14. The van der Waals surface area contributed by atoms with E-state index in [9.17, 15) is 17.6 Å². The van der Waals surface area contributed by atoms with E-state index in [0.717, 1.165) is 12.8 Å². The van der Waals surface area contributed by atoms with Crippen LogP contribution in [-0.2, 0) is 14.8 Å². The number of nitrogens with zero attached hydrogens (tertiary/aromatic N) is 1. The lowest BCUT2D eigenvalue weighted by Gasteiger charge is -2.31. The third-order valence-corrected chi connectivity index (χ3v) is 7.30. The molecule has 1 fully saturated rings. The summed E-state index contributed by atoms with van der Waals surface area (Å²) in [6.45, 7) is 1.13. The molecule has 2 aliphatic rings. The number of carbonyl (C=O) groups excluding carboxylic acids is 1. The van der Waals surface area contributed by atoms with Crippen LogP contribution in [0.15, 0.2) is 29.8 Å². The summed E-state index contributed by atoms with van der Waals surface area (Å²) in [6.07, 6.45) is 3.43. The van der Waals surface area contributed by atoms with Gasteiger partial charge in [-0.1, -0.05) is 43.5 Å². The van der Waals surface area contributed by atoms with Crippen molar-refractivity contribution in [3.05, 3.63) is 40.4 Å². The van der Waals surface area contributed by atoms with Crippen molar-refractivity contribution in [1.29, 1.82) is 0 Å². The molecule has 0 aromatic heterocycles. The lowest BCUT2D eigenvalue weighted by molar-refractivity contribution is -0.130. The molecular weight excluding hydrogens is 391 g/mol. The van der Waals surface area contributed by atoms with Crippen LogP contribution < -0.4 is 4.72 Å². The highest BCUT2D eigenvalue weighted by Gasteiger charge is 2.50. The van der Waals surface area contributed by atoms with Crippen molar-refractivity contribution in [2.75, 3.05) is 19.8 Å². The number of amides is 1. The number of halogens is 2. The summed E-state index contributed by atoms with van der Waals surface area (Å²) >= 11 is 5.96. The summed E-state index contributed by atoms with van der Waals surface area (Å²) in [4.78, 5) is 13.9. The molecule has 0 radical (unpaired) electrons. The number of hydrogen-bond donors (Lipinski definition) is 1. The molecule has 1 aliphatic heterocycles. The van der Waals surface area contributed by atoms with Gasteiger partial charge in [0.15, 0.2) is 0 Å². The molecule has 1 saturated carbocycles. The highest BCUT2D eigenvalue weighted by Crippen LogP contribution is 2.46. The molecule has 1 aromatic rings. The molecule has 27 heavy (non-hydrogen) atoms. The average Bonchev–Trinajstić information content (AvgIpc) is 3.17. The van der Waals surface area contributed by atoms with Crippen molar-refractivity contribution in [2.24, 2.45) is 0 Å². The van der Waals surface area contributed by atoms with Crippen molar-refractivity contribution in [2.45, 2.75) is 44.6 Å². The summed E-state index contributed by atoms with van der Waals surface area (Å²) in [7, 11) is -3.73. The fourth-order valence-electron chi connectivity index (χ4n) is 4.09. The van der Waals surface area contributed by atoms with E-state index in [1.54, 1.807) is 31.2 Å². The van der Waals surface area contributed by atoms with E-state index in [2.05, 4.69) is 4.72 Å². The molecule has 0 unspecified atom stereocenters. The number of alkyl halides is 1. The molecule has 1 spiro atoms. The van der Waals surface area contributed by atoms with Gasteiger partial charge in [-0.2, -0.15) is 0 Å². The minimum Gasteiger partial charge on any atom is -0.336 e. The van der Waals surface area contributed by atoms with E-state index in [0.29, 0.717) is 29.0 Å². The fraction of sp³-hybridized carbons (Fsp3) is 0.526. The van der Waals surface area contributed by atoms with E-state index in [1.807, 2.05) is 0 Å². The first-order valence-corrected chi connectivity index (χ1v) is 11.1. The van der Waals surface area contributed by atoms with Gasteiger partial charge >= 0.3 is 0 Å². The maximum absolute atomic E-state index is 13.0. The maximum Gasteiger partial charge on any atom is 0.242 e. The number of carbonyl (C=O) groups is 1. The first-order valence-electron chi connectivity index (χ1n) is 9.20. The zero-order valence-electron chi connectivity index (χ0n) is 15.3. The highest BCUT2D eigenvalue weighted by atomic mass is 35.5. The fourth-order valence-corrected chi connectivity index (χ4v) is 6.19. The van der Waals surface area contributed by atoms with Gasteiger partial charge in [0.2, 0.25) is 15.9 Å². The molecular formula is C19H24ClFN2O3S. The number of benzene rings is 1. The normalized spacial score (nSPS) is 20.4. The monoisotopic (exact) mass is 414 g/mol. The second-order valence-corrected chi connectivity index (χ2v) is 9.12. The predicted molar refractivity (Wildman–Crippen MR) is 104 cm³/mol. The lowest BCUT2D eigenvalue weighted by atomic mass is 9.87. The highest BCUT2D eigenvalue weighted by molar-refractivity contribution is 7.99. The molecule has 1 aromatic carbocycles. The van der Waals surface area contributed by atoms with Crippen LogP contribution in [-0.4, -0.2) is 44.5 Å². The standard InChI is InChI=1S/C19H24ClFN2O3S/c1-2-17(24)23(12-11-21)13-16-18(14-5-7-15(20)8-6-14)27(25,26)22-19(16)9-3-4-10-19/h5-8,22H,2-4,9-13H2,1H3. The van der Waals surface area contributed by atoms with Crippen LogP contribution >= 0.6 is 11.6 Å². The third kappa shape index (κ3) is 3.91. The second kappa shape index (κ2) is 7.89. The predicted octanol–water partition coefficient (Wildman–Crippen LogP) is 3.51. The molecule has 5 nitrogen and oxygen atoms in total. The number of rotatable bonds is 6. The summed E-state index contributed by atoms with van der Waals surface area (Å²) in [5.41, 5.74) is 0.517. The Labute approximate surface area is 164 Å². The molecule has 1 N–H and O–H groups in total. The van der Waals surface area contributed by atoms with Gasteiger partial charge in [0.25, 0.3) is 0 Å². The molecule has 0 atom stereocenters. The lowest BCUT2D eigenvalue weighted by Crippen LogP contribution is -2.45. The number of nitrogens with one attached hydrogen (secondary N) is 1. The number of hydrogen-bond acceptors (Lipinski definition) is 3. The molecule has 1 heterocycles.